The smallest absolute Gasteiger partial charge is 0.263 e. The highest BCUT2D eigenvalue weighted by Gasteiger charge is 2.29. The maximum Gasteiger partial charge on any atom is 0.263 e. The quantitative estimate of drug-likeness (QED) is 0.804. The number of amides is 1. The van der Waals surface area contributed by atoms with Crippen molar-refractivity contribution >= 4 is 33.0 Å². The first-order chi connectivity index (χ1) is 9.70. The number of hydrogen-bond acceptors (Lipinski definition) is 5. The minimum absolute atomic E-state index is 0.0511. The topological polar surface area (TPSA) is 88.2 Å². The van der Waals surface area contributed by atoms with E-state index in [4.69, 9.17) is 5.73 Å². The van der Waals surface area contributed by atoms with Crippen molar-refractivity contribution in [1.29, 1.82) is 0 Å². The highest BCUT2D eigenvalue weighted by atomic mass is 32.1. The van der Waals surface area contributed by atoms with Crippen molar-refractivity contribution in [3.8, 4) is 0 Å². The molecule has 2 aromatic rings. The lowest BCUT2D eigenvalue weighted by Gasteiger charge is -2.18. The number of carbonyl (C=O) groups is 1. The number of nitrogen functional groups attached to an aromatic ring is 1. The summed E-state index contributed by atoms with van der Waals surface area (Å²) in [5, 5.41) is 13.2. The summed E-state index contributed by atoms with van der Waals surface area (Å²) in [6.45, 7) is 0.122. The molecule has 2 heterocycles. The molecule has 20 heavy (non-hydrogen) atoms. The molecule has 0 radical (unpaired) electrons. The van der Waals surface area contributed by atoms with E-state index in [9.17, 15) is 9.90 Å². The van der Waals surface area contributed by atoms with Gasteiger partial charge in [-0.05, 0) is 18.9 Å². The van der Waals surface area contributed by atoms with E-state index in [-0.39, 0.29) is 24.5 Å². The minimum atomic E-state index is -0.144. The van der Waals surface area contributed by atoms with Gasteiger partial charge >= 0.3 is 0 Å². The third-order valence-corrected chi connectivity index (χ3v) is 5.10. The molecule has 0 aliphatic heterocycles. The second kappa shape index (κ2) is 5.38. The molecule has 4 N–H and O–H groups in total. The van der Waals surface area contributed by atoms with Crippen LogP contribution in [0.2, 0.25) is 0 Å². The molecule has 1 amide bonds. The lowest BCUT2D eigenvalue weighted by Crippen LogP contribution is -2.38. The second-order valence-corrected chi connectivity index (χ2v) is 6.22. The summed E-state index contributed by atoms with van der Waals surface area (Å²) in [4.78, 5) is 17.0. The summed E-state index contributed by atoms with van der Waals surface area (Å²) in [5.41, 5.74) is 6.57. The molecule has 0 spiro atoms. The molecule has 1 aliphatic rings. The van der Waals surface area contributed by atoms with Crippen LogP contribution in [0, 0.1) is 5.92 Å². The number of aromatic nitrogens is 1. The average molecular weight is 291 g/mol. The highest BCUT2D eigenvalue weighted by molar-refractivity contribution is 7.21. The molecule has 0 aromatic carbocycles. The average Bonchev–Trinajstić information content (AvgIpc) is 3.04. The van der Waals surface area contributed by atoms with Crippen LogP contribution in [0.25, 0.3) is 10.1 Å². The van der Waals surface area contributed by atoms with E-state index < -0.39 is 0 Å². The Balaban J connectivity index is 1.84. The molecular formula is C14H17N3O2S. The number of thiophene rings is 1. The molecular weight excluding hydrogens is 274 g/mol. The van der Waals surface area contributed by atoms with Crippen molar-refractivity contribution in [2.75, 3.05) is 12.3 Å². The van der Waals surface area contributed by atoms with Gasteiger partial charge < -0.3 is 16.2 Å². The van der Waals surface area contributed by atoms with E-state index in [1.165, 1.54) is 11.3 Å². The SMILES string of the molecule is Nc1c(C(=O)NC2CCCC2CO)sc2cnccc12. The fourth-order valence-corrected chi connectivity index (χ4v) is 3.81. The summed E-state index contributed by atoms with van der Waals surface area (Å²) in [5.74, 6) is 0.0188. The van der Waals surface area contributed by atoms with Crippen LogP contribution >= 0.6 is 11.3 Å². The Labute approximate surface area is 120 Å². The summed E-state index contributed by atoms with van der Waals surface area (Å²) in [6.07, 6.45) is 6.32. The van der Waals surface area contributed by atoms with Gasteiger partial charge in [-0.3, -0.25) is 9.78 Å². The number of pyridine rings is 1. The third-order valence-electron chi connectivity index (χ3n) is 3.95. The Morgan fingerprint density at radius 3 is 3.15 bits per heavy atom. The van der Waals surface area contributed by atoms with E-state index in [1.807, 2.05) is 6.07 Å². The first kappa shape index (κ1) is 13.3. The zero-order valence-electron chi connectivity index (χ0n) is 11.0. The lowest BCUT2D eigenvalue weighted by molar-refractivity contribution is 0.0921. The summed E-state index contributed by atoms with van der Waals surface area (Å²) >= 11 is 1.36. The van der Waals surface area contributed by atoms with Gasteiger partial charge in [-0.15, -0.1) is 11.3 Å². The van der Waals surface area contributed by atoms with Crippen LogP contribution in [0.15, 0.2) is 18.5 Å². The number of aliphatic hydroxyl groups excluding tert-OH is 1. The van der Waals surface area contributed by atoms with Crippen molar-refractivity contribution in [3.63, 3.8) is 0 Å². The van der Waals surface area contributed by atoms with Crippen molar-refractivity contribution in [3.05, 3.63) is 23.3 Å². The first-order valence-corrected chi connectivity index (χ1v) is 7.56. The van der Waals surface area contributed by atoms with Gasteiger partial charge in [-0.2, -0.15) is 0 Å². The molecule has 5 nitrogen and oxygen atoms in total. The molecule has 3 rings (SSSR count). The largest absolute Gasteiger partial charge is 0.397 e. The number of rotatable bonds is 3. The van der Waals surface area contributed by atoms with Crippen molar-refractivity contribution < 1.29 is 9.90 Å². The number of aliphatic hydroxyl groups is 1. The van der Waals surface area contributed by atoms with Crippen molar-refractivity contribution in [2.24, 2.45) is 5.92 Å². The Morgan fingerprint density at radius 1 is 1.55 bits per heavy atom. The maximum absolute atomic E-state index is 12.4. The Kier molecular flexibility index (Phi) is 3.58. The number of anilines is 1. The van der Waals surface area contributed by atoms with Crippen LogP contribution < -0.4 is 11.1 Å². The molecule has 1 fully saturated rings. The first-order valence-electron chi connectivity index (χ1n) is 6.74. The second-order valence-electron chi connectivity index (χ2n) is 5.17. The molecule has 2 unspecified atom stereocenters. The molecule has 1 saturated carbocycles. The van der Waals surface area contributed by atoms with Crippen LogP contribution in [-0.4, -0.2) is 28.6 Å². The predicted octanol–water partition coefficient (Wildman–Crippen LogP) is 1.77. The Morgan fingerprint density at radius 2 is 2.40 bits per heavy atom. The number of hydrogen-bond donors (Lipinski definition) is 3. The Hall–Kier alpha value is -1.66. The minimum Gasteiger partial charge on any atom is -0.397 e. The van der Waals surface area contributed by atoms with E-state index in [1.54, 1.807) is 12.4 Å². The van der Waals surface area contributed by atoms with E-state index in [0.717, 1.165) is 29.3 Å². The molecule has 2 aromatic heterocycles. The monoisotopic (exact) mass is 291 g/mol. The number of nitrogens with zero attached hydrogens (tertiary/aromatic N) is 1. The number of nitrogens with two attached hydrogens (primary N) is 1. The number of carbonyl (C=O) groups excluding carboxylic acids is 1. The van der Waals surface area contributed by atoms with Crippen LogP contribution in [0.4, 0.5) is 5.69 Å². The predicted molar refractivity (Wildman–Crippen MR) is 79.7 cm³/mol. The van der Waals surface area contributed by atoms with Crippen LogP contribution in [0.1, 0.15) is 28.9 Å². The van der Waals surface area contributed by atoms with Gasteiger partial charge in [-0.1, -0.05) is 6.42 Å². The van der Waals surface area contributed by atoms with Gasteiger partial charge in [0.1, 0.15) is 4.88 Å². The standard InChI is InChI=1S/C14H17N3O2S/c15-12-9-4-5-16-6-11(9)20-13(12)14(19)17-10-3-1-2-8(10)7-18/h4-6,8,10,18H,1-3,7,15H2,(H,17,19). The molecule has 0 bridgehead atoms. The zero-order valence-corrected chi connectivity index (χ0v) is 11.8. The summed E-state index contributed by atoms with van der Waals surface area (Å²) < 4.78 is 0.917. The maximum atomic E-state index is 12.4. The van der Waals surface area contributed by atoms with Gasteiger partial charge in [0.25, 0.3) is 5.91 Å². The van der Waals surface area contributed by atoms with Gasteiger partial charge in [0, 0.05) is 36.3 Å². The summed E-state index contributed by atoms with van der Waals surface area (Å²) in [6, 6.07) is 1.87. The fraction of sp³-hybridized carbons (Fsp3) is 0.429. The molecule has 1 aliphatic carbocycles. The fourth-order valence-electron chi connectivity index (χ4n) is 2.82. The van der Waals surface area contributed by atoms with E-state index in [0.29, 0.717) is 10.6 Å². The lowest BCUT2D eigenvalue weighted by atomic mass is 10.1. The summed E-state index contributed by atoms with van der Waals surface area (Å²) in [7, 11) is 0. The van der Waals surface area contributed by atoms with Crippen molar-refractivity contribution in [2.45, 2.75) is 25.3 Å². The van der Waals surface area contributed by atoms with E-state index >= 15 is 0 Å². The van der Waals surface area contributed by atoms with Gasteiger partial charge in [0.2, 0.25) is 0 Å². The van der Waals surface area contributed by atoms with Gasteiger partial charge in [0.15, 0.2) is 0 Å². The van der Waals surface area contributed by atoms with Gasteiger partial charge in [-0.25, -0.2) is 0 Å². The van der Waals surface area contributed by atoms with Crippen LogP contribution in [-0.2, 0) is 0 Å². The van der Waals surface area contributed by atoms with E-state index in [2.05, 4.69) is 10.3 Å². The van der Waals surface area contributed by atoms with Crippen molar-refractivity contribution in [1.82, 2.24) is 10.3 Å². The number of nitrogens with one attached hydrogen (secondary N) is 1. The Bertz CT molecular complexity index is 640. The molecule has 6 heteroatoms. The molecule has 2 atom stereocenters. The normalized spacial score (nSPS) is 22.2. The number of fused-ring (bicyclic) bond motifs is 1. The third kappa shape index (κ3) is 2.25. The van der Waals surface area contributed by atoms with Gasteiger partial charge in [0.05, 0.1) is 10.4 Å². The zero-order chi connectivity index (χ0) is 14.1. The molecule has 0 saturated heterocycles. The highest BCUT2D eigenvalue weighted by Crippen LogP contribution is 2.33. The van der Waals surface area contributed by atoms with Crippen LogP contribution in [0.3, 0.4) is 0 Å². The molecule has 106 valence electrons. The van der Waals surface area contributed by atoms with Crippen LogP contribution in [0.5, 0.6) is 0 Å².